The molecule has 2 unspecified atom stereocenters. The number of nitrogens with zero attached hydrogens (tertiary/aromatic N) is 3. The normalized spacial score (nSPS) is 22.1. The monoisotopic (exact) mass is 377 g/mol. The number of hydrogen-bond acceptors (Lipinski definition) is 5. The summed E-state index contributed by atoms with van der Waals surface area (Å²) in [6.45, 7) is 9.95. The summed E-state index contributed by atoms with van der Waals surface area (Å²) in [5.41, 5.74) is 1.89. The van der Waals surface area contributed by atoms with E-state index in [1.807, 2.05) is 14.7 Å². The number of hydrogen-bond donors (Lipinski definition) is 0. The van der Waals surface area contributed by atoms with Gasteiger partial charge in [0.05, 0.1) is 5.70 Å². The van der Waals surface area contributed by atoms with Crippen molar-refractivity contribution in [2.24, 2.45) is 5.92 Å². The van der Waals surface area contributed by atoms with Crippen molar-refractivity contribution in [2.75, 3.05) is 45.4 Å². The van der Waals surface area contributed by atoms with Gasteiger partial charge in [0.15, 0.2) is 0 Å². The topological polar surface area (TPSA) is 43.2 Å². The molecule has 1 aliphatic carbocycles. The van der Waals surface area contributed by atoms with Gasteiger partial charge in [-0.15, -0.1) is 9.24 Å². The van der Waals surface area contributed by atoms with Gasteiger partial charge in [0.2, 0.25) is 11.6 Å². The van der Waals surface area contributed by atoms with E-state index in [-0.39, 0.29) is 11.6 Å². The molecule has 0 bridgehead atoms. The van der Waals surface area contributed by atoms with Crippen molar-refractivity contribution in [3.8, 4) is 0 Å². The number of allylic oxidation sites excluding steroid dienone is 1. The average Bonchev–Trinajstić information content (AvgIpc) is 3.51. The van der Waals surface area contributed by atoms with Gasteiger partial charge in [0, 0.05) is 45.3 Å². The van der Waals surface area contributed by atoms with Gasteiger partial charge in [0.1, 0.15) is 11.4 Å². The van der Waals surface area contributed by atoms with E-state index in [9.17, 15) is 9.59 Å². The van der Waals surface area contributed by atoms with E-state index in [4.69, 9.17) is 0 Å². The van der Waals surface area contributed by atoms with Crippen LogP contribution in [0.5, 0.6) is 0 Å². The molecule has 0 N–H and O–H groups in total. The summed E-state index contributed by atoms with van der Waals surface area (Å²) in [6.07, 6.45) is 8.35. The fourth-order valence-electron chi connectivity index (χ4n) is 3.26. The van der Waals surface area contributed by atoms with Gasteiger partial charge in [0.25, 0.3) is 0 Å². The fourth-order valence-corrected chi connectivity index (χ4v) is 3.83. The summed E-state index contributed by atoms with van der Waals surface area (Å²) < 4.78 is 0. The second-order valence-corrected chi connectivity index (χ2v) is 8.00. The number of unbranched alkanes of at least 4 members (excludes halogenated alkanes) is 1. The van der Waals surface area contributed by atoms with Gasteiger partial charge in [-0.05, 0) is 12.1 Å². The zero-order valence-electron chi connectivity index (χ0n) is 16.2. The second kappa shape index (κ2) is 8.56. The molecular weight excluding hydrogens is 345 g/mol. The molecule has 0 aromatic heterocycles. The first-order chi connectivity index (χ1) is 12.6. The molecule has 0 aromatic carbocycles. The van der Waals surface area contributed by atoms with Crippen molar-refractivity contribution >= 4 is 20.8 Å². The van der Waals surface area contributed by atoms with E-state index < -0.39 is 0 Å². The van der Waals surface area contributed by atoms with E-state index in [2.05, 4.69) is 23.1 Å². The van der Waals surface area contributed by atoms with Gasteiger partial charge in [-0.25, -0.2) is 0 Å². The van der Waals surface area contributed by atoms with Crippen molar-refractivity contribution < 1.29 is 9.59 Å². The lowest BCUT2D eigenvalue weighted by Crippen LogP contribution is -2.29. The van der Waals surface area contributed by atoms with E-state index in [0.717, 1.165) is 45.2 Å². The molecule has 0 saturated carbocycles. The van der Waals surface area contributed by atoms with E-state index in [0.29, 0.717) is 17.1 Å². The van der Waals surface area contributed by atoms with Crippen LogP contribution >= 0.6 is 9.24 Å². The quantitative estimate of drug-likeness (QED) is 0.369. The Labute approximate surface area is 159 Å². The maximum atomic E-state index is 12.4. The SMILES string of the molecule is CCCCC(CC)CP.O=C1C=C(N2CC2)C(=O)C(N2CC2)=C1N1CC1. The zero-order chi connectivity index (χ0) is 18.7. The Hall–Kier alpha value is -1.35. The van der Waals surface area contributed by atoms with Crippen LogP contribution in [0.3, 0.4) is 0 Å². The van der Waals surface area contributed by atoms with Gasteiger partial charge >= 0.3 is 0 Å². The highest BCUT2D eigenvalue weighted by atomic mass is 31.0. The van der Waals surface area contributed by atoms with Gasteiger partial charge < -0.3 is 14.7 Å². The third-order valence-electron chi connectivity index (χ3n) is 5.36. The number of ketones is 2. The maximum Gasteiger partial charge on any atom is 0.227 e. The first-order valence-electron chi connectivity index (χ1n) is 10.1. The summed E-state index contributed by atoms with van der Waals surface area (Å²) in [5.74, 6) is 1.02. The van der Waals surface area contributed by atoms with Crippen LogP contribution < -0.4 is 0 Å². The Balaban J connectivity index is 0.000000188. The standard InChI is InChI=1S/C12H13N3O2.C8H19P/c16-9-7-8(13-1-2-13)12(17)11(15-5-6-15)10(9)14-3-4-14;1-3-5-6-8(4-2)7-9/h7H,1-6H2;8H,3-7,9H2,1-2H3. The lowest BCUT2D eigenvalue weighted by molar-refractivity contribution is -0.117. The first kappa shape index (κ1) is 19.4. The minimum absolute atomic E-state index is 0.00546. The first-order valence-corrected chi connectivity index (χ1v) is 10.9. The maximum absolute atomic E-state index is 12.4. The summed E-state index contributed by atoms with van der Waals surface area (Å²) in [5, 5.41) is 0. The minimum atomic E-state index is 0.00546. The lowest BCUT2D eigenvalue weighted by Gasteiger charge is -2.21. The van der Waals surface area contributed by atoms with Gasteiger partial charge in [-0.3, -0.25) is 9.59 Å². The van der Waals surface area contributed by atoms with Crippen molar-refractivity contribution in [1.29, 1.82) is 0 Å². The zero-order valence-corrected chi connectivity index (χ0v) is 17.3. The summed E-state index contributed by atoms with van der Waals surface area (Å²) >= 11 is 0. The molecule has 26 heavy (non-hydrogen) atoms. The molecule has 3 heterocycles. The Bertz CT molecular complexity index is 613. The van der Waals surface area contributed by atoms with E-state index in [1.165, 1.54) is 37.9 Å². The number of carbonyl (C=O) groups is 2. The molecular formula is C20H32N3O2P. The van der Waals surface area contributed by atoms with Crippen LogP contribution in [0.15, 0.2) is 23.2 Å². The van der Waals surface area contributed by atoms with E-state index in [1.54, 1.807) is 0 Å². The van der Waals surface area contributed by atoms with Crippen molar-refractivity contribution in [1.82, 2.24) is 14.7 Å². The highest BCUT2D eigenvalue weighted by molar-refractivity contribution is 7.16. The lowest BCUT2D eigenvalue weighted by atomic mass is 10.0. The number of rotatable bonds is 8. The molecule has 3 aliphatic heterocycles. The van der Waals surface area contributed by atoms with Crippen LogP contribution in [-0.4, -0.2) is 71.7 Å². The van der Waals surface area contributed by atoms with Crippen molar-refractivity contribution in [3.63, 3.8) is 0 Å². The van der Waals surface area contributed by atoms with E-state index >= 15 is 0 Å². The smallest absolute Gasteiger partial charge is 0.227 e. The number of Topliss-reactive ketones (excluding diaryl/α,β-unsaturated/α-hetero) is 1. The predicted octanol–water partition coefficient (Wildman–Crippen LogP) is 2.26. The predicted molar refractivity (Wildman–Crippen MR) is 108 cm³/mol. The Kier molecular flexibility index (Phi) is 6.39. The molecule has 4 rings (SSSR count). The molecule has 6 heteroatoms. The molecule has 0 radical (unpaired) electrons. The molecule has 2 atom stereocenters. The number of carbonyl (C=O) groups excluding carboxylic acids is 2. The molecule has 4 aliphatic rings. The van der Waals surface area contributed by atoms with Crippen molar-refractivity contribution in [2.45, 2.75) is 39.5 Å². The molecule has 5 nitrogen and oxygen atoms in total. The minimum Gasteiger partial charge on any atom is -0.365 e. The van der Waals surface area contributed by atoms with Crippen LogP contribution in [-0.2, 0) is 9.59 Å². The van der Waals surface area contributed by atoms with Crippen LogP contribution in [0.2, 0.25) is 0 Å². The molecule has 0 spiro atoms. The van der Waals surface area contributed by atoms with Crippen LogP contribution in [0.25, 0.3) is 0 Å². The fraction of sp³-hybridized carbons (Fsp3) is 0.700. The Morgan fingerprint density at radius 3 is 2.00 bits per heavy atom. The van der Waals surface area contributed by atoms with Gasteiger partial charge in [-0.1, -0.05) is 39.5 Å². The Morgan fingerprint density at radius 1 is 0.962 bits per heavy atom. The molecule has 144 valence electrons. The largest absolute Gasteiger partial charge is 0.365 e. The summed E-state index contributed by atoms with van der Waals surface area (Å²) in [6, 6.07) is 0. The molecule has 0 aromatic rings. The highest BCUT2D eigenvalue weighted by Gasteiger charge is 2.43. The van der Waals surface area contributed by atoms with Crippen LogP contribution in [0, 0.1) is 5.92 Å². The molecule has 0 amide bonds. The molecule has 3 saturated heterocycles. The third-order valence-corrected chi connectivity index (χ3v) is 6.03. The van der Waals surface area contributed by atoms with Gasteiger partial charge in [-0.2, -0.15) is 0 Å². The molecule has 3 fully saturated rings. The summed E-state index contributed by atoms with van der Waals surface area (Å²) in [4.78, 5) is 30.5. The van der Waals surface area contributed by atoms with Crippen LogP contribution in [0.4, 0.5) is 0 Å². The third kappa shape index (κ3) is 4.68. The average molecular weight is 377 g/mol. The van der Waals surface area contributed by atoms with Crippen LogP contribution in [0.1, 0.15) is 39.5 Å². The second-order valence-electron chi connectivity index (χ2n) is 7.53. The Morgan fingerprint density at radius 2 is 1.54 bits per heavy atom. The van der Waals surface area contributed by atoms with Crippen molar-refractivity contribution in [3.05, 3.63) is 23.2 Å². The summed E-state index contributed by atoms with van der Waals surface area (Å²) in [7, 11) is 2.83. The highest BCUT2D eigenvalue weighted by Crippen LogP contribution is 2.33.